The molecule has 5 heteroatoms. The van der Waals surface area contributed by atoms with Gasteiger partial charge in [0.1, 0.15) is 0 Å². The van der Waals surface area contributed by atoms with Gasteiger partial charge < -0.3 is 0 Å². The van der Waals surface area contributed by atoms with Gasteiger partial charge in [-0.05, 0) is 32.3 Å². The molecule has 1 unspecified atom stereocenters. The third-order valence-electron chi connectivity index (χ3n) is 3.04. The number of aromatic nitrogens is 2. The molecule has 0 aliphatic heterocycles. The van der Waals surface area contributed by atoms with Crippen LogP contribution in [0.5, 0.6) is 0 Å². The van der Waals surface area contributed by atoms with Gasteiger partial charge in [0.15, 0.2) is 5.69 Å². The van der Waals surface area contributed by atoms with Crippen molar-refractivity contribution in [2.45, 2.75) is 65.1 Å². The maximum absolute atomic E-state index is 12.7. The molecule has 2 nitrogen and oxygen atoms in total. The lowest BCUT2D eigenvalue weighted by atomic mass is 10.00. The number of unbranched alkanes of at least 4 members (excludes halogenated alkanes) is 1. The van der Waals surface area contributed by atoms with Crippen LogP contribution in [0.1, 0.15) is 70.3 Å². The standard InChI is InChI=1S/C13H21F3N2/c1-5-6-7-10(4)11-8-12(13(14,15)16)17-18(11)9(2)3/h8-10H,5-7H2,1-4H3. The third kappa shape index (κ3) is 3.50. The van der Waals surface area contributed by atoms with Crippen LogP contribution < -0.4 is 0 Å². The van der Waals surface area contributed by atoms with Crippen LogP contribution >= 0.6 is 0 Å². The van der Waals surface area contributed by atoms with E-state index < -0.39 is 11.9 Å². The van der Waals surface area contributed by atoms with E-state index in [2.05, 4.69) is 12.0 Å². The van der Waals surface area contributed by atoms with Crippen LogP contribution in [0.25, 0.3) is 0 Å². The van der Waals surface area contributed by atoms with E-state index in [4.69, 9.17) is 0 Å². The van der Waals surface area contributed by atoms with Gasteiger partial charge in [-0.2, -0.15) is 18.3 Å². The summed E-state index contributed by atoms with van der Waals surface area (Å²) in [4.78, 5) is 0. The van der Waals surface area contributed by atoms with Gasteiger partial charge in [0.05, 0.1) is 0 Å². The van der Waals surface area contributed by atoms with Crippen molar-refractivity contribution in [3.05, 3.63) is 17.5 Å². The number of hydrogen-bond acceptors (Lipinski definition) is 1. The molecule has 1 heterocycles. The molecular weight excluding hydrogens is 241 g/mol. The van der Waals surface area contributed by atoms with E-state index in [1.165, 1.54) is 10.7 Å². The van der Waals surface area contributed by atoms with Gasteiger partial charge in [-0.15, -0.1) is 0 Å². The van der Waals surface area contributed by atoms with E-state index >= 15 is 0 Å². The van der Waals surface area contributed by atoms with Gasteiger partial charge in [0.2, 0.25) is 0 Å². The molecule has 18 heavy (non-hydrogen) atoms. The number of hydrogen-bond donors (Lipinski definition) is 0. The molecule has 0 N–H and O–H groups in total. The van der Waals surface area contributed by atoms with Crippen molar-refractivity contribution in [3.63, 3.8) is 0 Å². The maximum atomic E-state index is 12.7. The summed E-state index contributed by atoms with van der Waals surface area (Å²) in [6.45, 7) is 7.74. The summed E-state index contributed by atoms with van der Waals surface area (Å²) in [6, 6.07) is 1.14. The van der Waals surface area contributed by atoms with Crippen LogP contribution in [0.2, 0.25) is 0 Å². The fourth-order valence-corrected chi connectivity index (χ4v) is 1.99. The SMILES string of the molecule is CCCCC(C)c1cc(C(F)(F)F)nn1C(C)C. The molecule has 0 radical (unpaired) electrons. The van der Waals surface area contributed by atoms with E-state index in [1.807, 2.05) is 20.8 Å². The molecule has 1 rings (SSSR count). The molecule has 0 saturated heterocycles. The van der Waals surface area contributed by atoms with Crippen LogP contribution in [0.4, 0.5) is 13.2 Å². The van der Waals surface area contributed by atoms with Gasteiger partial charge in [0.25, 0.3) is 0 Å². The molecule has 1 aromatic rings. The summed E-state index contributed by atoms with van der Waals surface area (Å²) in [5.41, 5.74) is -0.0969. The fraction of sp³-hybridized carbons (Fsp3) is 0.769. The average Bonchev–Trinajstić information content (AvgIpc) is 2.70. The minimum absolute atomic E-state index is 0.0554. The van der Waals surface area contributed by atoms with Crippen LogP contribution in [-0.4, -0.2) is 9.78 Å². The first-order valence-electron chi connectivity index (χ1n) is 6.44. The summed E-state index contributed by atoms with van der Waals surface area (Å²) in [5, 5.41) is 3.70. The van der Waals surface area contributed by atoms with E-state index in [9.17, 15) is 13.2 Å². The Morgan fingerprint density at radius 1 is 1.28 bits per heavy atom. The summed E-state index contributed by atoms with van der Waals surface area (Å²) < 4.78 is 39.6. The first-order valence-corrected chi connectivity index (χ1v) is 6.44. The van der Waals surface area contributed by atoms with Crippen LogP contribution in [-0.2, 0) is 6.18 Å². The predicted molar refractivity (Wildman–Crippen MR) is 65.6 cm³/mol. The second kappa shape index (κ2) is 5.76. The van der Waals surface area contributed by atoms with Crippen LogP contribution in [0.3, 0.4) is 0 Å². The topological polar surface area (TPSA) is 17.8 Å². The molecule has 0 aromatic carbocycles. The van der Waals surface area contributed by atoms with Gasteiger partial charge >= 0.3 is 6.18 Å². The lowest BCUT2D eigenvalue weighted by Gasteiger charge is -2.16. The van der Waals surface area contributed by atoms with Gasteiger partial charge in [0, 0.05) is 11.7 Å². The van der Waals surface area contributed by atoms with Crippen LogP contribution in [0, 0.1) is 0 Å². The van der Waals surface area contributed by atoms with E-state index in [1.54, 1.807) is 0 Å². The van der Waals surface area contributed by atoms with E-state index in [0.29, 0.717) is 5.69 Å². The van der Waals surface area contributed by atoms with E-state index in [-0.39, 0.29) is 12.0 Å². The lowest BCUT2D eigenvalue weighted by Crippen LogP contribution is -2.11. The van der Waals surface area contributed by atoms with Crippen molar-refractivity contribution in [2.75, 3.05) is 0 Å². The number of halogens is 3. The molecule has 0 bridgehead atoms. The second-order valence-corrected chi connectivity index (χ2v) is 5.03. The largest absolute Gasteiger partial charge is 0.435 e. The van der Waals surface area contributed by atoms with Crippen molar-refractivity contribution < 1.29 is 13.2 Å². The predicted octanol–water partition coefficient (Wildman–Crippen LogP) is 4.78. The van der Waals surface area contributed by atoms with Crippen molar-refractivity contribution in [1.29, 1.82) is 0 Å². The minimum Gasteiger partial charge on any atom is -0.266 e. The Labute approximate surface area is 106 Å². The molecule has 0 spiro atoms. The molecule has 0 aliphatic rings. The highest BCUT2D eigenvalue weighted by Crippen LogP contribution is 2.32. The maximum Gasteiger partial charge on any atom is 0.435 e. The van der Waals surface area contributed by atoms with Gasteiger partial charge in [-0.3, -0.25) is 4.68 Å². The normalized spacial score (nSPS) is 14.2. The van der Waals surface area contributed by atoms with Gasteiger partial charge in [-0.1, -0.05) is 26.7 Å². The summed E-state index contributed by atoms with van der Waals surface area (Å²) in [5.74, 6) is 0.107. The highest BCUT2D eigenvalue weighted by Gasteiger charge is 2.35. The fourth-order valence-electron chi connectivity index (χ4n) is 1.99. The Morgan fingerprint density at radius 2 is 1.89 bits per heavy atom. The lowest BCUT2D eigenvalue weighted by molar-refractivity contribution is -0.141. The molecule has 1 aromatic heterocycles. The smallest absolute Gasteiger partial charge is 0.266 e. The summed E-state index contributed by atoms with van der Waals surface area (Å²) in [7, 11) is 0. The van der Waals surface area contributed by atoms with Crippen molar-refractivity contribution >= 4 is 0 Å². The Bertz CT molecular complexity index is 380. The van der Waals surface area contributed by atoms with Crippen LogP contribution in [0.15, 0.2) is 6.07 Å². The second-order valence-electron chi connectivity index (χ2n) is 5.03. The zero-order valence-corrected chi connectivity index (χ0v) is 11.4. The number of nitrogens with zero attached hydrogens (tertiary/aromatic N) is 2. The van der Waals surface area contributed by atoms with Crippen molar-refractivity contribution in [1.82, 2.24) is 9.78 Å². The van der Waals surface area contributed by atoms with Gasteiger partial charge in [-0.25, -0.2) is 0 Å². The summed E-state index contributed by atoms with van der Waals surface area (Å²) in [6.07, 6.45) is -1.40. The minimum atomic E-state index is -4.36. The number of alkyl halides is 3. The van der Waals surface area contributed by atoms with Crippen molar-refractivity contribution in [3.8, 4) is 0 Å². The first kappa shape index (κ1) is 15.1. The average molecular weight is 262 g/mol. The highest BCUT2D eigenvalue weighted by atomic mass is 19.4. The Kier molecular flexibility index (Phi) is 4.82. The Morgan fingerprint density at radius 3 is 2.33 bits per heavy atom. The zero-order chi connectivity index (χ0) is 13.9. The monoisotopic (exact) mass is 262 g/mol. The quantitative estimate of drug-likeness (QED) is 0.747. The van der Waals surface area contributed by atoms with E-state index in [0.717, 1.165) is 19.3 Å². The Hall–Kier alpha value is -1.00. The molecule has 1 atom stereocenters. The molecular formula is C13H21F3N2. The first-order chi connectivity index (χ1) is 8.27. The Balaban J connectivity index is 3.05. The van der Waals surface area contributed by atoms with Crippen molar-refractivity contribution in [2.24, 2.45) is 0 Å². The molecule has 0 saturated carbocycles. The molecule has 0 aliphatic carbocycles. The zero-order valence-electron chi connectivity index (χ0n) is 11.4. The third-order valence-corrected chi connectivity index (χ3v) is 3.04. The molecule has 0 fully saturated rings. The molecule has 0 amide bonds. The molecule has 104 valence electrons. The number of rotatable bonds is 5. The highest BCUT2D eigenvalue weighted by molar-refractivity contribution is 5.17. The summed E-state index contributed by atoms with van der Waals surface area (Å²) >= 11 is 0.